The van der Waals surface area contributed by atoms with Crippen LogP contribution in [0.4, 0.5) is 18.9 Å². The minimum atomic E-state index is -4.35. The summed E-state index contributed by atoms with van der Waals surface area (Å²) in [5.41, 5.74) is -0.453. The number of benzene rings is 1. The van der Waals surface area contributed by atoms with Gasteiger partial charge in [0.2, 0.25) is 0 Å². The number of aliphatic hydroxyl groups is 1. The maximum Gasteiger partial charge on any atom is 0.418 e. The maximum absolute atomic E-state index is 12.9. The van der Waals surface area contributed by atoms with Crippen LogP contribution < -0.4 is 4.90 Å². The average Bonchev–Trinajstić information content (AvgIpc) is 2.32. The van der Waals surface area contributed by atoms with Crippen LogP contribution in [0.25, 0.3) is 0 Å². The summed E-state index contributed by atoms with van der Waals surface area (Å²) in [7, 11) is 1.65. The summed E-state index contributed by atoms with van der Waals surface area (Å²) in [6.07, 6.45) is -2.12. The molecule has 0 saturated carbocycles. The van der Waals surface area contributed by atoms with Gasteiger partial charge in [-0.3, -0.25) is 0 Å². The number of nitrogens with zero attached hydrogens (tertiary/aromatic N) is 1. The Morgan fingerprint density at radius 1 is 1.21 bits per heavy atom. The molecular formula is C13H17BrF3NO. The van der Waals surface area contributed by atoms with Crippen LogP contribution in [-0.2, 0) is 6.18 Å². The van der Waals surface area contributed by atoms with E-state index in [0.29, 0.717) is 17.4 Å². The van der Waals surface area contributed by atoms with E-state index in [9.17, 15) is 13.2 Å². The summed E-state index contributed by atoms with van der Waals surface area (Å²) < 4.78 is 39.3. The van der Waals surface area contributed by atoms with Crippen molar-refractivity contribution in [3.05, 3.63) is 28.2 Å². The first-order valence-electron chi connectivity index (χ1n) is 6.05. The van der Waals surface area contributed by atoms with Crippen molar-refractivity contribution in [2.45, 2.75) is 25.4 Å². The predicted molar refractivity (Wildman–Crippen MR) is 73.4 cm³/mol. The maximum atomic E-state index is 12.9. The van der Waals surface area contributed by atoms with Crippen LogP contribution in [0.1, 0.15) is 24.8 Å². The van der Waals surface area contributed by atoms with E-state index in [0.717, 1.165) is 18.9 Å². The van der Waals surface area contributed by atoms with E-state index in [-0.39, 0.29) is 12.3 Å². The van der Waals surface area contributed by atoms with Gasteiger partial charge in [-0.25, -0.2) is 0 Å². The Labute approximate surface area is 119 Å². The largest absolute Gasteiger partial charge is 0.418 e. The van der Waals surface area contributed by atoms with Crippen molar-refractivity contribution in [1.82, 2.24) is 0 Å². The number of anilines is 1. The highest BCUT2D eigenvalue weighted by molar-refractivity contribution is 9.10. The van der Waals surface area contributed by atoms with Crippen molar-refractivity contribution in [3.63, 3.8) is 0 Å². The Bertz CT molecular complexity index is 409. The van der Waals surface area contributed by atoms with Gasteiger partial charge < -0.3 is 10.0 Å². The molecule has 0 atom stereocenters. The van der Waals surface area contributed by atoms with Crippen LogP contribution >= 0.6 is 15.9 Å². The summed E-state index contributed by atoms with van der Waals surface area (Å²) in [4.78, 5) is 1.60. The number of rotatable bonds is 6. The van der Waals surface area contributed by atoms with Gasteiger partial charge in [0, 0.05) is 30.4 Å². The lowest BCUT2D eigenvalue weighted by Crippen LogP contribution is -2.22. The molecule has 0 aliphatic carbocycles. The fourth-order valence-electron chi connectivity index (χ4n) is 1.82. The lowest BCUT2D eigenvalue weighted by molar-refractivity contribution is -0.137. The number of hydrogen-bond acceptors (Lipinski definition) is 2. The zero-order valence-corrected chi connectivity index (χ0v) is 12.3. The third-order valence-corrected chi connectivity index (χ3v) is 3.32. The SMILES string of the molecule is CN(CCCCCO)c1cc(Br)ccc1C(F)(F)F. The standard InChI is InChI=1S/C13H17BrF3NO/c1-18(7-3-2-4-8-19)12-9-10(14)5-6-11(12)13(15,16)17/h5-6,9,19H,2-4,7-8H2,1H3. The Morgan fingerprint density at radius 2 is 1.89 bits per heavy atom. The molecule has 0 aromatic heterocycles. The molecular weight excluding hydrogens is 323 g/mol. The van der Waals surface area contributed by atoms with Crippen molar-refractivity contribution in [1.29, 1.82) is 0 Å². The molecule has 0 unspecified atom stereocenters. The number of hydrogen-bond donors (Lipinski definition) is 1. The molecule has 19 heavy (non-hydrogen) atoms. The molecule has 1 aromatic rings. The highest BCUT2D eigenvalue weighted by Gasteiger charge is 2.34. The summed E-state index contributed by atoms with van der Waals surface area (Å²) in [6.45, 7) is 0.647. The molecule has 0 spiro atoms. The molecule has 0 aliphatic heterocycles. The first kappa shape index (κ1) is 16.3. The van der Waals surface area contributed by atoms with Gasteiger partial charge >= 0.3 is 6.18 Å². The van der Waals surface area contributed by atoms with Gasteiger partial charge in [0.15, 0.2) is 0 Å². The van der Waals surface area contributed by atoms with Gasteiger partial charge in [0.25, 0.3) is 0 Å². The van der Waals surface area contributed by atoms with E-state index in [1.165, 1.54) is 12.1 Å². The number of alkyl halides is 3. The predicted octanol–water partition coefficient (Wildman–Crippen LogP) is 4.07. The Morgan fingerprint density at radius 3 is 2.47 bits per heavy atom. The minimum absolute atomic E-state index is 0.119. The van der Waals surface area contributed by atoms with Gasteiger partial charge in [0.1, 0.15) is 0 Å². The Balaban J connectivity index is 2.82. The summed E-state index contributed by atoms with van der Waals surface area (Å²) in [6, 6.07) is 3.96. The van der Waals surface area contributed by atoms with Crippen molar-refractivity contribution < 1.29 is 18.3 Å². The van der Waals surface area contributed by atoms with Crippen molar-refractivity contribution in [3.8, 4) is 0 Å². The van der Waals surface area contributed by atoms with Crippen LogP contribution in [0.5, 0.6) is 0 Å². The molecule has 2 nitrogen and oxygen atoms in total. The van der Waals surface area contributed by atoms with Crippen LogP contribution in [-0.4, -0.2) is 25.3 Å². The van der Waals surface area contributed by atoms with E-state index in [1.807, 2.05) is 0 Å². The van der Waals surface area contributed by atoms with Gasteiger partial charge in [-0.15, -0.1) is 0 Å². The van der Waals surface area contributed by atoms with E-state index >= 15 is 0 Å². The zero-order valence-electron chi connectivity index (χ0n) is 10.7. The number of halogens is 4. The smallest absolute Gasteiger partial charge is 0.396 e. The van der Waals surface area contributed by atoms with Crippen LogP contribution in [0.3, 0.4) is 0 Å². The zero-order chi connectivity index (χ0) is 14.5. The quantitative estimate of drug-likeness (QED) is 0.790. The van der Waals surface area contributed by atoms with Crippen molar-refractivity contribution >= 4 is 21.6 Å². The van der Waals surface area contributed by atoms with Gasteiger partial charge in [-0.05, 0) is 37.5 Å². The fourth-order valence-corrected chi connectivity index (χ4v) is 2.17. The molecule has 0 amide bonds. The van der Waals surface area contributed by atoms with Gasteiger partial charge in [-0.2, -0.15) is 13.2 Å². The Hall–Kier alpha value is -0.750. The van der Waals surface area contributed by atoms with E-state index in [1.54, 1.807) is 11.9 Å². The van der Waals surface area contributed by atoms with Gasteiger partial charge in [0.05, 0.1) is 5.56 Å². The van der Waals surface area contributed by atoms with Crippen molar-refractivity contribution in [2.75, 3.05) is 25.1 Å². The molecule has 108 valence electrons. The third-order valence-electron chi connectivity index (χ3n) is 2.83. The molecule has 0 fully saturated rings. The molecule has 0 saturated heterocycles. The van der Waals surface area contributed by atoms with Crippen LogP contribution in [0, 0.1) is 0 Å². The molecule has 0 bridgehead atoms. The minimum Gasteiger partial charge on any atom is -0.396 e. The van der Waals surface area contributed by atoms with Crippen molar-refractivity contribution in [2.24, 2.45) is 0 Å². The highest BCUT2D eigenvalue weighted by atomic mass is 79.9. The third kappa shape index (κ3) is 5.03. The molecule has 0 radical (unpaired) electrons. The monoisotopic (exact) mass is 339 g/mol. The van der Waals surface area contributed by atoms with E-state index in [4.69, 9.17) is 5.11 Å². The Kier molecular flexibility index (Phi) is 6.13. The summed E-state index contributed by atoms with van der Waals surface area (Å²) >= 11 is 3.20. The second-order valence-corrected chi connectivity index (χ2v) is 5.28. The molecule has 0 aliphatic rings. The lowest BCUT2D eigenvalue weighted by atomic mass is 10.1. The first-order chi connectivity index (χ1) is 8.86. The van der Waals surface area contributed by atoms with Crippen LogP contribution in [0.2, 0.25) is 0 Å². The molecule has 1 rings (SSSR count). The normalized spacial score (nSPS) is 11.7. The second kappa shape index (κ2) is 7.14. The van der Waals surface area contributed by atoms with Gasteiger partial charge in [-0.1, -0.05) is 15.9 Å². The lowest BCUT2D eigenvalue weighted by Gasteiger charge is -2.23. The summed E-state index contributed by atoms with van der Waals surface area (Å²) in [5, 5.41) is 8.67. The fraction of sp³-hybridized carbons (Fsp3) is 0.538. The topological polar surface area (TPSA) is 23.5 Å². The van der Waals surface area contributed by atoms with E-state index < -0.39 is 11.7 Å². The van der Waals surface area contributed by atoms with E-state index in [2.05, 4.69) is 15.9 Å². The highest BCUT2D eigenvalue weighted by Crippen LogP contribution is 2.37. The second-order valence-electron chi connectivity index (χ2n) is 4.37. The number of aliphatic hydroxyl groups excluding tert-OH is 1. The molecule has 6 heteroatoms. The molecule has 0 heterocycles. The van der Waals surface area contributed by atoms with Crippen LogP contribution in [0.15, 0.2) is 22.7 Å². The first-order valence-corrected chi connectivity index (χ1v) is 6.84. The summed E-state index contributed by atoms with van der Waals surface area (Å²) in [5.74, 6) is 0. The number of unbranched alkanes of at least 4 members (excludes halogenated alkanes) is 2. The molecule has 1 N–H and O–H groups in total. The molecule has 1 aromatic carbocycles. The average molecular weight is 340 g/mol.